The molecule has 2 aromatic carbocycles. The lowest BCUT2D eigenvalue weighted by Crippen LogP contribution is -2.14. The van der Waals surface area contributed by atoms with Crippen LogP contribution in [0.25, 0.3) is 0 Å². The van der Waals surface area contributed by atoms with Gasteiger partial charge in [-0.1, -0.05) is 12.1 Å². The van der Waals surface area contributed by atoms with Gasteiger partial charge in [0.2, 0.25) is 0 Å². The first kappa shape index (κ1) is 17.4. The fraction of sp³-hybridized carbons (Fsp3) is 0.100. The van der Waals surface area contributed by atoms with Crippen LogP contribution in [0.1, 0.15) is 10.5 Å². The van der Waals surface area contributed by atoms with Crippen LogP contribution in [-0.2, 0) is 0 Å². The lowest BCUT2D eigenvalue weighted by atomic mass is 10.2. The average Bonchev–Trinajstić information content (AvgIpc) is 2.64. The van der Waals surface area contributed by atoms with Crippen molar-refractivity contribution in [1.82, 2.24) is 4.98 Å². The van der Waals surface area contributed by atoms with Gasteiger partial charge in [-0.2, -0.15) is 0 Å². The van der Waals surface area contributed by atoms with Gasteiger partial charge in [0.1, 0.15) is 11.5 Å². The maximum Gasteiger partial charge on any atom is 0.274 e. The Balaban J connectivity index is 1.66. The number of amides is 1. The smallest absolute Gasteiger partial charge is 0.274 e. The predicted octanol–water partition coefficient (Wildman–Crippen LogP) is 4.28. The van der Waals surface area contributed by atoms with Crippen molar-refractivity contribution in [3.8, 4) is 0 Å². The Kier molecular flexibility index (Phi) is 5.12. The van der Waals surface area contributed by atoms with Crippen LogP contribution in [0.4, 0.5) is 27.1 Å². The third kappa shape index (κ3) is 4.16. The molecule has 0 fully saturated rings. The number of hydrogen-bond acceptors (Lipinski definition) is 4. The van der Waals surface area contributed by atoms with E-state index in [9.17, 15) is 9.18 Å². The molecule has 3 rings (SSSR count). The fourth-order valence-electron chi connectivity index (χ4n) is 2.36. The van der Waals surface area contributed by atoms with Crippen molar-refractivity contribution in [1.29, 1.82) is 0 Å². The highest BCUT2D eigenvalue weighted by Gasteiger charge is 2.09. The molecule has 0 atom stereocenters. The van der Waals surface area contributed by atoms with E-state index in [0.29, 0.717) is 17.1 Å². The van der Waals surface area contributed by atoms with Crippen molar-refractivity contribution in [2.75, 3.05) is 29.6 Å². The van der Waals surface area contributed by atoms with Gasteiger partial charge in [0.25, 0.3) is 5.91 Å². The summed E-state index contributed by atoms with van der Waals surface area (Å²) in [5, 5.41) is 5.73. The summed E-state index contributed by atoms with van der Waals surface area (Å²) >= 11 is 0. The van der Waals surface area contributed by atoms with E-state index in [1.165, 1.54) is 12.3 Å². The first-order chi connectivity index (χ1) is 12.5. The summed E-state index contributed by atoms with van der Waals surface area (Å²) in [5.74, 6) is -0.657. The van der Waals surface area contributed by atoms with Gasteiger partial charge >= 0.3 is 0 Å². The average molecular weight is 350 g/mol. The largest absolute Gasteiger partial charge is 0.378 e. The maximum absolute atomic E-state index is 13.7. The highest BCUT2D eigenvalue weighted by molar-refractivity contribution is 6.03. The second-order valence-corrected chi connectivity index (χ2v) is 5.93. The first-order valence-electron chi connectivity index (χ1n) is 8.09. The minimum Gasteiger partial charge on any atom is -0.378 e. The number of nitrogens with one attached hydrogen (secondary N) is 2. The van der Waals surface area contributed by atoms with E-state index in [-0.39, 0.29) is 17.4 Å². The summed E-state index contributed by atoms with van der Waals surface area (Å²) in [6, 6.07) is 17.2. The number of halogens is 1. The Hall–Kier alpha value is -3.41. The summed E-state index contributed by atoms with van der Waals surface area (Å²) in [7, 11) is 3.91. The zero-order valence-corrected chi connectivity index (χ0v) is 14.5. The van der Waals surface area contributed by atoms with Gasteiger partial charge in [-0.15, -0.1) is 0 Å². The van der Waals surface area contributed by atoms with Crippen molar-refractivity contribution >= 4 is 28.7 Å². The lowest BCUT2D eigenvalue weighted by molar-refractivity contribution is 0.102. The molecule has 0 bridgehead atoms. The van der Waals surface area contributed by atoms with Crippen LogP contribution in [0.3, 0.4) is 0 Å². The lowest BCUT2D eigenvalue weighted by Gasteiger charge is -2.13. The second kappa shape index (κ2) is 7.65. The number of anilines is 4. The molecule has 26 heavy (non-hydrogen) atoms. The van der Waals surface area contributed by atoms with Gasteiger partial charge in [0.15, 0.2) is 0 Å². The van der Waals surface area contributed by atoms with E-state index in [1.807, 2.05) is 43.3 Å². The van der Waals surface area contributed by atoms with Crippen LogP contribution in [0.15, 0.2) is 66.9 Å². The van der Waals surface area contributed by atoms with Gasteiger partial charge in [0.05, 0.1) is 17.6 Å². The van der Waals surface area contributed by atoms with E-state index in [4.69, 9.17) is 0 Å². The Morgan fingerprint density at radius 3 is 2.27 bits per heavy atom. The van der Waals surface area contributed by atoms with Crippen molar-refractivity contribution in [2.24, 2.45) is 0 Å². The first-order valence-corrected chi connectivity index (χ1v) is 8.09. The SMILES string of the molecule is CN(C)c1ccc(NC(=O)c2ccc(Nc3ccccc3F)cn2)cc1. The molecule has 132 valence electrons. The number of rotatable bonds is 5. The normalized spacial score (nSPS) is 10.3. The number of carbonyl (C=O) groups excluding carboxylic acids is 1. The van der Waals surface area contributed by atoms with Gasteiger partial charge < -0.3 is 15.5 Å². The number of hydrogen-bond donors (Lipinski definition) is 2. The quantitative estimate of drug-likeness (QED) is 0.721. The van der Waals surface area contributed by atoms with Crippen LogP contribution < -0.4 is 15.5 Å². The number of benzene rings is 2. The minimum atomic E-state index is -0.351. The Bertz CT molecular complexity index is 892. The molecule has 2 N–H and O–H groups in total. The van der Waals surface area contributed by atoms with E-state index in [1.54, 1.807) is 30.3 Å². The number of pyridine rings is 1. The molecule has 6 heteroatoms. The maximum atomic E-state index is 13.7. The molecule has 0 unspecified atom stereocenters. The predicted molar refractivity (Wildman–Crippen MR) is 103 cm³/mol. The van der Waals surface area contributed by atoms with Gasteiger partial charge in [0, 0.05) is 25.5 Å². The Morgan fingerprint density at radius 2 is 1.65 bits per heavy atom. The molecule has 0 spiro atoms. The van der Waals surface area contributed by atoms with Crippen LogP contribution >= 0.6 is 0 Å². The molecule has 0 aliphatic heterocycles. The molecule has 5 nitrogen and oxygen atoms in total. The van der Waals surface area contributed by atoms with Crippen molar-refractivity contribution < 1.29 is 9.18 Å². The highest BCUT2D eigenvalue weighted by atomic mass is 19.1. The number of para-hydroxylation sites is 1. The molecule has 1 heterocycles. The van der Waals surface area contributed by atoms with E-state index >= 15 is 0 Å². The Labute approximate surface area is 151 Å². The van der Waals surface area contributed by atoms with Crippen LogP contribution in [-0.4, -0.2) is 25.0 Å². The molecule has 0 aliphatic rings. The number of nitrogens with zero attached hydrogens (tertiary/aromatic N) is 2. The molecule has 1 amide bonds. The zero-order valence-electron chi connectivity index (χ0n) is 14.5. The zero-order chi connectivity index (χ0) is 18.5. The molecule has 0 saturated carbocycles. The molecule has 3 aromatic rings. The standard InChI is InChI=1S/C20H19FN4O/c1-25(2)16-10-7-14(8-11-16)24-20(26)19-12-9-15(13-22-19)23-18-6-4-3-5-17(18)21/h3-13,23H,1-2H3,(H,24,26). The van der Waals surface area contributed by atoms with Gasteiger partial charge in [-0.05, 0) is 48.5 Å². The molecular formula is C20H19FN4O. The minimum absolute atomic E-state index is 0.278. The van der Waals surface area contributed by atoms with Crippen LogP contribution in [0.5, 0.6) is 0 Å². The molecule has 1 aromatic heterocycles. The third-order valence-electron chi connectivity index (χ3n) is 3.79. The van der Waals surface area contributed by atoms with E-state index < -0.39 is 0 Å². The number of carbonyl (C=O) groups is 1. The highest BCUT2D eigenvalue weighted by Crippen LogP contribution is 2.20. The van der Waals surface area contributed by atoms with Crippen LogP contribution in [0, 0.1) is 5.82 Å². The molecule has 0 aliphatic carbocycles. The second-order valence-electron chi connectivity index (χ2n) is 5.93. The third-order valence-corrected chi connectivity index (χ3v) is 3.79. The summed E-state index contributed by atoms with van der Waals surface area (Å²) in [5.41, 5.74) is 2.97. The van der Waals surface area contributed by atoms with Crippen molar-refractivity contribution in [3.05, 3.63) is 78.4 Å². The van der Waals surface area contributed by atoms with Crippen LogP contribution in [0.2, 0.25) is 0 Å². The van der Waals surface area contributed by atoms with E-state index in [2.05, 4.69) is 15.6 Å². The van der Waals surface area contributed by atoms with E-state index in [0.717, 1.165) is 5.69 Å². The summed E-state index contributed by atoms with van der Waals surface area (Å²) < 4.78 is 13.7. The number of aromatic nitrogens is 1. The van der Waals surface area contributed by atoms with Gasteiger partial charge in [-0.3, -0.25) is 4.79 Å². The monoisotopic (exact) mass is 350 g/mol. The van der Waals surface area contributed by atoms with Crippen molar-refractivity contribution in [2.45, 2.75) is 0 Å². The summed E-state index contributed by atoms with van der Waals surface area (Å²) in [4.78, 5) is 18.4. The molecular weight excluding hydrogens is 331 g/mol. The molecule has 0 saturated heterocycles. The fourth-order valence-corrected chi connectivity index (χ4v) is 2.36. The van der Waals surface area contributed by atoms with Crippen molar-refractivity contribution in [3.63, 3.8) is 0 Å². The van der Waals surface area contributed by atoms with Gasteiger partial charge in [-0.25, -0.2) is 9.37 Å². The summed E-state index contributed by atoms with van der Waals surface area (Å²) in [6.45, 7) is 0. The molecule has 0 radical (unpaired) electrons. The Morgan fingerprint density at radius 1 is 0.962 bits per heavy atom. The summed E-state index contributed by atoms with van der Waals surface area (Å²) in [6.07, 6.45) is 1.50. The topological polar surface area (TPSA) is 57.3 Å².